The van der Waals surface area contributed by atoms with Gasteiger partial charge in [0.15, 0.2) is 0 Å². The van der Waals surface area contributed by atoms with Crippen LogP contribution >= 0.6 is 11.9 Å². The Morgan fingerprint density at radius 3 is 2.52 bits per heavy atom. The van der Waals surface area contributed by atoms with Gasteiger partial charge in [0.2, 0.25) is 0 Å². The molecule has 154 valence electrons. The van der Waals surface area contributed by atoms with Crippen LogP contribution in [0.1, 0.15) is 53.6 Å². The van der Waals surface area contributed by atoms with E-state index in [0.717, 1.165) is 35.3 Å². The van der Waals surface area contributed by atoms with Crippen molar-refractivity contribution < 1.29 is 9.59 Å². The third-order valence-corrected chi connectivity index (χ3v) is 5.90. The van der Waals surface area contributed by atoms with E-state index in [1.165, 1.54) is 31.2 Å². The first-order chi connectivity index (χ1) is 14.1. The molecule has 1 saturated carbocycles. The maximum Gasteiger partial charge on any atom is 0.325 e. The minimum absolute atomic E-state index is 0.0472. The summed E-state index contributed by atoms with van der Waals surface area (Å²) in [5.74, 6) is -0.0472. The lowest BCUT2D eigenvalue weighted by molar-refractivity contribution is 0.0954. The van der Waals surface area contributed by atoms with E-state index in [9.17, 15) is 9.59 Å². The number of nitrogens with one attached hydrogen (secondary N) is 3. The van der Waals surface area contributed by atoms with Crippen molar-refractivity contribution in [1.82, 2.24) is 15.4 Å². The minimum atomic E-state index is -0.121. The van der Waals surface area contributed by atoms with E-state index < -0.39 is 0 Å². The molecule has 3 N–H and O–H groups in total. The fourth-order valence-corrected chi connectivity index (χ4v) is 4.04. The molecule has 2 aromatic rings. The van der Waals surface area contributed by atoms with Gasteiger partial charge in [-0.15, -0.1) is 0 Å². The molecule has 0 bridgehead atoms. The third kappa shape index (κ3) is 7.13. The van der Waals surface area contributed by atoms with Crippen molar-refractivity contribution >= 4 is 23.9 Å². The highest BCUT2D eigenvalue weighted by Crippen LogP contribution is 2.18. The van der Waals surface area contributed by atoms with Gasteiger partial charge in [-0.25, -0.2) is 4.79 Å². The summed E-state index contributed by atoms with van der Waals surface area (Å²) in [5.41, 5.74) is 2.91. The van der Waals surface area contributed by atoms with Crippen LogP contribution in [0.15, 0.2) is 53.4 Å². The number of aryl methyl sites for hydroxylation is 1. The van der Waals surface area contributed by atoms with E-state index in [4.69, 9.17) is 0 Å². The lowest BCUT2D eigenvalue weighted by Crippen LogP contribution is -2.40. The molecule has 0 saturated heterocycles. The summed E-state index contributed by atoms with van der Waals surface area (Å²) in [5, 5.41) is 6.00. The summed E-state index contributed by atoms with van der Waals surface area (Å²) >= 11 is 1.32. The van der Waals surface area contributed by atoms with Gasteiger partial charge in [-0.05, 0) is 68.0 Å². The Morgan fingerprint density at radius 2 is 1.79 bits per heavy atom. The number of carbonyl (C=O) groups excluding carboxylic acids is 2. The second-order valence-corrected chi connectivity index (χ2v) is 8.41. The zero-order valence-electron chi connectivity index (χ0n) is 16.9. The second kappa shape index (κ2) is 10.9. The van der Waals surface area contributed by atoms with E-state index in [0.29, 0.717) is 18.2 Å². The van der Waals surface area contributed by atoms with Crippen molar-refractivity contribution in [3.63, 3.8) is 0 Å². The topological polar surface area (TPSA) is 70.2 Å². The summed E-state index contributed by atoms with van der Waals surface area (Å²) in [6.45, 7) is 2.56. The molecule has 0 spiro atoms. The van der Waals surface area contributed by atoms with E-state index >= 15 is 0 Å². The molecule has 0 aliphatic heterocycles. The summed E-state index contributed by atoms with van der Waals surface area (Å²) in [6, 6.07) is 15.8. The van der Waals surface area contributed by atoms with Crippen LogP contribution in [0, 0.1) is 6.92 Å². The minimum Gasteiger partial charge on any atom is -0.352 e. The molecule has 3 amide bonds. The van der Waals surface area contributed by atoms with Gasteiger partial charge in [-0.2, -0.15) is 0 Å². The van der Waals surface area contributed by atoms with Crippen LogP contribution in [0.5, 0.6) is 0 Å². The highest BCUT2D eigenvalue weighted by Gasteiger charge is 2.15. The molecule has 6 heteroatoms. The van der Waals surface area contributed by atoms with E-state index in [1.807, 2.05) is 55.5 Å². The molecule has 29 heavy (non-hydrogen) atoms. The average molecular weight is 412 g/mol. The molecule has 1 aliphatic rings. The number of amides is 3. The molecule has 1 aliphatic carbocycles. The van der Waals surface area contributed by atoms with E-state index in [-0.39, 0.29) is 11.9 Å². The first kappa shape index (κ1) is 21.2. The van der Waals surface area contributed by atoms with Gasteiger partial charge in [0.05, 0.1) is 0 Å². The Morgan fingerprint density at radius 1 is 1.03 bits per heavy atom. The first-order valence-electron chi connectivity index (χ1n) is 10.3. The van der Waals surface area contributed by atoms with Gasteiger partial charge in [0.1, 0.15) is 0 Å². The maximum atomic E-state index is 12.2. The van der Waals surface area contributed by atoms with Gasteiger partial charge < -0.3 is 10.6 Å². The van der Waals surface area contributed by atoms with Crippen LogP contribution in [0.3, 0.4) is 0 Å². The normalized spacial score (nSPS) is 14.2. The summed E-state index contributed by atoms with van der Waals surface area (Å²) in [4.78, 5) is 25.2. The largest absolute Gasteiger partial charge is 0.352 e. The van der Waals surface area contributed by atoms with Crippen molar-refractivity contribution in [3.05, 3.63) is 65.2 Å². The molecule has 5 nitrogen and oxygen atoms in total. The number of hydrogen-bond acceptors (Lipinski definition) is 3. The van der Waals surface area contributed by atoms with Crippen molar-refractivity contribution in [2.24, 2.45) is 0 Å². The smallest absolute Gasteiger partial charge is 0.325 e. The van der Waals surface area contributed by atoms with Gasteiger partial charge in [-0.1, -0.05) is 49.1 Å². The number of rotatable bonds is 7. The molecule has 3 rings (SSSR count). The lowest BCUT2D eigenvalue weighted by atomic mass is 9.96. The summed E-state index contributed by atoms with van der Waals surface area (Å²) in [6.07, 6.45) is 6.59. The molecule has 2 aromatic carbocycles. The Hall–Kier alpha value is -2.47. The highest BCUT2D eigenvalue weighted by molar-refractivity contribution is 7.98. The van der Waals surface area contributed by atoms with Gasteiger partial charge in [-0.3, -0.25) is 9.52 Å². The van der Waals surface area contributed by atoms with E-state index in [2.05, 4.69) is 15.4 Å². The molecule has 0 atom stereocenters. The van der Waals surface area contributed by atoms with Crippen molar-refractivity contribution in [3.8, 4) is 0 Å². The summed E-state index contributed by atoms with van der Waals surface area (Å²) < 4.78 is 2.86. The molecule has 0 radical (unpaired) electrons. The van der Waals surface area contributed by atoms with Crippen LogP contribution in [-0.4, -0.2) is 24.5 Å². The molecule has 0 heterocycles. The Labute approximate surface area is 177 Å². The molecule has 0 unspecified atom stereocenters. The predicted octanol–water partition coefficient (Wildman–Crippen LogP) is 4.61. The van der Waals surface area contributed by atoms with Gasteiger partial charge in [0, 0.05) is 23.0 Å². The van der Waals surface area contributed by atoms with Gasteiger partial charge in [0.25, 0.3) is 5.91 Å². The van der Waals surface area contributed by atoms with Crippen LogP contribution in [0.4, 0.5) is 4.79 Å². The number of urea groups is 1. The fraction of sp³-hybridized carbons (Fsp3) is 0.391. The average Bonchev–Trinajstić information content (AvgIpc) is 2.74. The molecular weight excluding hydrogens is 382 g/mol. The van der Waals surface area contributed by atoms with Gasteiger partial charge >= 0.3 is 6.03 Å². The lowest BCUT2D eigenvalue weighted by Gasteiger charge is -2.22. The zero-order valence-corrected chi connectivity index (χ0v) is 17.7. The standard InChI is InChI=1S/C23H29N3O2S/c1-17-6-5-7-19(16-17)22(27)24-15-14-18-10-12-21(13-11-18)29-26-23(28)25-20-8-3-2-4-9-20/h5-7,10-13,16,20H,2-4,8-9,14-15H2,1H3,(H,24,27)(H2,25,26,28). The van der Waals surface area contributed by atoms with E-state index in [1.54, 1.807) is 0 Å². The highest BCUT2D eigenvalue weighted by atomic mass is 32.2. The predicted molar refractivity (Wildman–Crippen MR) is 118 cm³/mol. The first-order valence-corrected chi connectivity index (χ1v) is 11.1. The number of carbonyl (C=O) groups is 2. The van der Waals surface area contributed by atoms with Crippen LogP contribution in [-0.2, 0) is 6.42 Å². The summed E-state index contributed by atoms with van der Waals surface area (Å²) in [7, 11) is 0. The Bertz CT molecular complexity index is 817. The molecular formula is C23H29N3O2S. The molecule has 0 aromatic heterocycles. The third-order valence-electron chi connectivity index (χ3n) is 5.10. The SMILES string of the molecule is Cc1cccc(C(=O)NCCc2ccc(SNC(=O)NC3CCCCC3)cc2)c1. The second-order valence-electron chi connectivity index (χ2n) is 7.53. The molecule has 1 fully saturated rings. The Kier molecular flexibility index (Phi) is 7.99. The Balaban J connectivity index is 1.37. The fourth-order valence-electron chi connectivity index (χ4n) is 3.50. The maximum absolute atomic E-state index is 12.2. The van der Waals surface area contributed by atoms with Crippen LogP contribution < -0.4 is 15.4 Å². The zero-order chi connectivity index (χ0) is 20.5. The van der Waals surface area contributed by atoms with Crippen LogP contribution in [0.25, 0.3) is 0 Å². The number of hydrogen-bond donors (Lipinski definition) is 3. The van der Waals surface area contributed by atoms with Crippen molar-refractivity contribution in [1.29, 1.82) is 0 Å². The van der Waals surface area contributed by atoms with Crippen molar-refractivity contribution in [2.75, 3.05) is 6.54 Å². The van der Waals surface area contributed by atoms with Crippen LogP contribution in [0.2, 0.25) is 0 Å². The monoisotopic (exact) mass is 411 g/mol. The number of benzene rings is 2. The van der Waals surface area contributed by atoms with Crippen molar-refractivity contribution in [2.45, 2.75) is 56.4 Å². The quantitative estimate of drug-likeness (QED) is 0.583.